The maximum atomic E-state index is 12.1. The number of benzene rings is 1. The summed E-state index contributed by atoms with van der Waals surface area (Å²) in [4.78, 5) is 16.8. The van der Waals surface area contributed by atoms with Crippen LogP contribution in [0.4, 0.5) is 0 Å². The Labute approximate surface area is 138 Å². The van der Waals surface area contributed by atoms with Crippen molar-refractivity contribution < 1.29 is 9.69 Å². The molecule has 4 heteroatoms. The van der Waals surface area contributed by atoms with Crippen molar-refractivity contribution in [3.05, 3.63) is 36.0 Å². The van der Waals surface area contributed by atoms with Crippen molar-refractivity contribution in [2.75, 3.05) is 20.1 Å². The first kappa shape index (κ1) is 16.1. The van der Waals surface area contributed by atoms with Crippen LogP contribution in [0, 0.1) is 0 Å². The van der Waals surface area contributed by atoms with Gasteiger partial charge >= 0.3 is 0 Å². The molecule has 0 saturated heterocycles. The normalized spacial score (nSPS) is 17.3. The number of aromatic amines is 1. The van der Waals surface area contributed by atoms with Crippen molar-refractivity contribution >= 4 is 16.8 Å². The van der Waals surface area contributed by atoms with E-state index in [1.807, 2.05) is 6.07 Å². The average molecular weight is 314 g/mol. The lowest BCUT2D eigenvalue weighted by atomic mass is 9.94. The fourth-order valence-corrected chi connectivity index (χ4v) is 3.73. The van der Waals surface area contributed by atoms with E-state index in [-0.39, 0.29) is 5.91 Å². The minimum Gasteiger partial charge on any atom is -0.361 e. The van der Waals surface area contributed by atoms with E-state index in [4.69, 9.17) is 0 Å². The first-order chi connectivity index (χ1) is 11.2. The Kier molecular flexibility index (Phi) is 5.34. The van der Waals surface area contributed by atoms with E-state index >= 15 is 0 Å². The molecular weight excluding hydrogens is 286 g/mol. The fourth-order valence-electron chi connectivity index (χ4n) is 3.73. The lowest BCUT2D eigenvalue weighted by Crippen LogP contribution is -3.14. The van der Waals surface area contributed by atoms with Crippen LogP contribution in [0.3, 0.4) is 0 Å². The van der Waals surface area contributed by atoms with Crippen LogP contribution in [0.2, 0.25) is 0 Å². The number of likely N-dealkylation sites (N-methyl/N-ethyl adjacent to an activating group) is 1. The minimum atomic E-state index is 0.174. The van der Waals surface area contributed by atoms with Crippen molar-refractivity contribution in [1.29, 1.82) is 0 Å². The van der Waals surface area contributed by atoms with Crippen LogP contribution >= 0.6 is 0 Å². The monoisotopic (exact) mass is 314 g/mol. The number of aromatic nitrogens is 1. The van der Waals surface area contributed by atoms with Gasteiger partial charge in [0, 0.05) is 23.6 Å². The standard InChI is InChI=1S/C19H27N3O/c1-22(16-7-3-2-4-8-16)14-19(23)20-12-11-15-13-21-18-10-6-5-9-17(15)18/h5-6,9-10,13,16,21H,2-4,7-8,11-12,14H2,1H3,(H,20,23)/p+1. The summed E-state index contributed by atoms with van der Waals surface area (Å²) in [5.74, 6) is 0.174. The highest BCUT2D eigenvalue weighted by molar-refractivity contribution is 5.83. The zero-order valence-electron chi connectivity index (χ0n) is 14.0. The molecule has 3 rings (SSSR count). The summed E-state index contributed by atoms with van der Waals surface area (Å²) in [7, 11) is 2.16. The maximum Gasteiger partial charge on any atom is 0.275 e. The number of nitrogens with one attached hydrogen (secondary N) is 3. The van der Waals surface area contributed by atoms with E-state index in [9.17, 15) is 4.79 Å². The van der Waals surface area contributed by atoms with Gasteiger partial charge in [0.15, 0.2) is 6.54 Å². The number of carbonyl (C=O) groups excluding carboxylic acids is 1. The third kappa shape index (κ3) is 4.14. The Hall–Kier alpha value is -1.81. The highest BCUT2D eigenvalue weighted by atomic mass is 16.2. The third-order valence-corrected chi connectivity index (χ3v) is 5.13. The summed E-state index contributed by atoms with van der Waals surface area (Å²) in [5, 5.41) is 4.34. The molecule has 3 N–H and O–H groups in total. The van der Waals surface area contributed by atoms with E-state index in [0.29, 0.717) is 19.1 Å². The lowest BCUT2D eigenvalue weighted by Gasteiger charge is -2.27. The number of amides is 1. The number of hydrogen-bond acceptors (Lipinski definition) is 1. The largest absolute Gasteiger partial charge is 0.361 e. The molecule has 1 atom stereocenters. The Morgan fingerprint density at radius 3 is 2.87 bits per heavy atom. The molecule has 1 aromatic carbocycles. The maximum absolute atomic E-state index is 12.1. The van der Waals surface area contributed by atoms with Crippen molar-refractivity contribution in [3.63, 3.8) is 0 Å². The Morgan fingerprint density at radius 2 is 2.04 bits per heavy atom. The molecule has 0 spiro atoms. The summed E-state index contributed by atoms with van der Waals surface area (Å²) in [5.41, 5.74) is 2.43. The smallest absolute Gasteiger partial charge is 0.275 e. The molecule has 124 valence electrons. The number of para-hydroxylation sites is 1. The second-order valence-electron chi connectivity index (χ2n) is 6.82. The van der Waals surface area contributed by atoms with E-state index in [2.05, 4.69) is 41.7 Å². The van der Waals surface area contributed by atoms with E-state index < -0.39 is 0 Å². The number of hydrogen-bond donors (Lipinski definition) is 3. The fraction of sp³-hybridized carbons (Fsp3) is 0.526. The van der Waals surface area contributed by atoms with Crippen molar-refractivity contribution in [2.45, 2.75) is 44.6 Å². The minimum absolute atomic E-state index is 0.174. The van der Waals surface area contributed by atoms with Gasteiger partial charge in [0.25, 0.3) is 5.91 Å². The molecule has 0 radical (unpaired) electrons. The predicted molar refractivity (Wildman–Crippen MR) is 93.6 cm³/mol. The van der Waals surface area contributed by atoms with Crippen molar-refractivity contribution in [3.8, 4) is 0 Å². The highest BCUT2D eigenvalue weighted by Gasteiger charge is 2.23. The van der Waals surface area contributed by atoms with Gasteiger partial charge in [-0.15, -0.1) is 0 Å². The van der Waals surface area contributed by atoms with Gasteiger partial charge in [0.05, 0.1) is 13.1 Å². The van der Waals surface area contributed by atoms with E-state index in [1.165, 1.54) is 48.0 Å². The van der Waals surface area contributed by atoms with Crippen LogP contribution in [0.5, 0.6) is 0 Å². The molecule has 0 bridgehead atoms. The predicted octanol–water partition coefficient (Wildman–Crippen LogP) is 1.67. The third-order valence-electron chi connectivity index (χ3n) is 5.13. The van der Waals surface area contributed by atoms with E-state index in [0.717, 1.165) is 11.9 Å². The summed E-state index contributed by atoms with van der Waals surface area (Å²) in [6, 6.07) is 8.97. The topological polar surface area (TPSA) is 49.3 Å². The molecule has 1 aliphatic rings. The molecule has 1 unspecified atom stereocenters. The highest BCUT2D eigenvalue weighted by Crippen LogP contribution is 2.17. The van der Waals surface area contributed by atoms with Gasteiger partial charge in [-0.3, -0.25) is 4.79 Å². The second-order valence-corrected chi connectivity index (χ2v) is 6.82. The number of rotatable bonds is 6. The van der Waals surface area contributed by atoms with Crippen LogP contribution in [-0.2, 0) is 11.2 Å². The van der Waals surface area contributed by atoms with Crippen LogP contribution in [0.15, 0.2) is 30.5 Å². The lowest BCUT2D eigenvalue weighted by molar-refractivity contribution is -0.899. The van der Waals surface area contributed by atoms with Gasteiger partial charge in [-0.1, -0.05) is 24.6 Å². The van der Waals surface area contributed by atoms with Gasteiger partial charge in [0.1, 0.15) is 0 Å². The van der Waals surface area contributed by atoms with Crippen molar-refractivity contribution in [1.82, 2.24) is 10.3 Å². The van der Waals surface area contributed by atoms with Gasteiger partial charge in [0.2, 0.25) is 0 Å². The number of H-pyrrole nitrogens is 1. The zero-order valence-corrected chi connectivity index (χ0v) is 14.0. The quantitative estimate of drug-likeness (QED) is 0.746. The van der Waals surface area contributed by atoms with Crippen LogP contribution in [0.25, 0.3) is 10.9 Å². The van der Waals surface area contributed by atoms with E-state index in [1.54, 1.807) is 0 Å². The number of fused-ring (bicyclic) bond motifs is 1. The second kappa shape index (κ2) is 7.64. The average Bonchev–Trinajstić information content (AvgIpc) is 2.99. The first-order valence-corrected chi connectivity index (χ1v) is 8.88. The van der Waals surface area contributed by atoms with Gasteiger partial charge in [-0.05, 0) is 43.7 Å². The number of carbonyl (C=O) groups is 1. The Balaban J connectivity index is 1.44. The van der Waals surface area contributed by atoms with Gasteiger partial charge in [-0.25, -0.2) is 0 Å². The molecule has 0 aliphatic heterocycles. The molecule has 2 aromatic rings. The number of quaternary nitrogens is 1. The molecule has 1 fully saturated rings. The molecule has 4 nitrogen and oxygen atoms in total. The molecule has 1 aliphatic carbocycles. The van der Waals surface area contributed by atoms with Gasteiger partial charge < -0.3 is 15.2 Å². The van der Waals surface area contributed by atoms with Gasteiger partial charge in [-0.2, -0.15) is 0 Å². The zero-order chi connectivity index (χ0) is 16.1. The van der Waals surface area contributed by atoms with Crippen LogP contribution < -0.4 is 10.2 Å². The van der Waals surface area contributed by atoms with Crippen molar-refractivity contribution in [2.24, 2.45) is 0 Å². The SMILES string of the molecule is C[NH+](CC(=O)NCCc1c[nH]c2ccccc12)C1CCCCC1. The molecule has 23 heavy (non-hydrogen) atoms. The van der Waals surface area contributed by atoms with Crippen LogP contribution in [0.1, 0.15) is 37.7 Å². The summed E-state index contributed by atoms with van der Waals surface area (Å²) in [6.45, 7) is 1.30. The molecule has 1 saturated carbocycles. The molecule has 1 aromatic heterocycles. The first-order valence-electron chi connectivity index (χ1n) is 8.88. The molecule has 1 heterocycles. The summed E-state index contributed by atoms with van der Waals surface area (Å²) >= 11 is 0. The molecular formula is C19H28N3O+. The summed E-state index contributed by atoms with van der Waals surface area (Å²) in [6.07, 6.45) is 9.48. The molecule has 1 amide bonds. The Bertz CT molecular complexity index is 643. The summed E-state index contributed by atoms with van der Waals surface area (Å²) < 4.78 is 0. The Morgan fingerprint density at radius 1 is 1.26 bits per heavy atom. The van der Waals surface area contributed by atoms with Crippen LogP contribution in [-0.4, -0.2) is 37.1 Å².